The van der Waals surface area contributed by atoms with Crippen LogP contribution in [-0.2, 0) is 14.8 Å². The van der Waals surface area contributed by atoms with Gasteiger partial charge in [0.15, 0.2) is 0 Å². The van der Waals surface area contributed by atoms with Crippen molar-refractivity contribution in [2.45, 2.75) is 31.3 Å². The molecule has 0 bridgehead atoms. The average Bonchev–Trinajstić information content (AvgIpc) is 2.23. The Hall–Kier alpha value is -1.31. The largest absolute Gasteiger partial charge is 0.489 e. The lowest BCUT2D eigenvalue weighted by molar-refractivity contribution is -0.0162. The third kappa shape index (κ3) is 5.06. The van der Waals surface area contributed by atoms with Gasteiger partial charge in [0.05, 0.1) is 17.9 Å². The van der Waals surface area contributed by atoms with Crippen molar-refractivity contribution in [3.8, 4) is 5.75 Å². The first-order valence-electron chi connectivity index (χ1n) is 5.79. The van der Waals surface area contributed by atoms with Crippen LogP contribution in [0, 0.1) is 0 Å². The van der Waals surface area contributed by atoms with Gasteiger partial charge in [0.2, 0.25) is 10.0 Å². The number of benzene rings is 1. The van der Waals surface area contributed by atoms with E-state index in [0.29, 0.717) is 6.61 Å². The molecule has 19 heavy (non-hydrogen) atoms. The molecule has 0 fully saturated rings. The van der Waals surface area contributed by atoms with Gasteiger partial charge in [0.25, 0.3) is 0 Å². The fourth-order valence-electron chi connectivity index (χ4n) is 1.40. The summed E-state index contributed by atoms with van der Waals surface area (Å²) in [4.78, 5) is -0.137. The van der Waals surface area contributed by atoms with Crippen LogP contribution >= 0.6 is 0 Å². The summed E-state index contributed by atoms with van der Waals surface area (Å²) in [5.74, 6) is 0.282. The number of nitrogen functional groups attached to an aromatic ring is 1. The van der Waals surface area contributed by atoms with Gasteiger partial charge < -0.3 is 15.2 Å². The van der Waals surface area contributed by atoms with Crippen LogP contribution in [0.4, 0.5) is 5.69 Å². The number of para-hydroxylation sites is 1. The lowest BCUT2D eigenvalue weighted by Crippen LogP contribution is -2.22. The molecule has 0 amide bonds. The van der Waals surface area contributed by atoms with Crippen LogP contribution < -0.4 is 15.6 Å². The molecule has 6 nitrogen and oxygen atoms in total. The van der Waals surface area contributed by atoms with E-state index >= 15 is 0 Å². The van der Waals surface area contributed by atoms with E-state index in [0.717, 1.165) is 0 Å². The number of hydrogen-bond acceptors (Lipinski definition) is 5. The Balaban J connectivity index is 2.71. The maximum atomic E-state index is 11.3. The Morgan fingerprint density at radius 1 is 1.21 bits per heavy atom. The van der Waals surface area contributed by atoms with Crippen LogP contribution in [0.3, 0.4) is 0 Å². The number of anilines is 1. The molecule has 0 atom stereocenters. The minimum Gasteiger partial charge on any atom is -0.489 e. The SMILES string of the molecule is CC(C)(C)OCCOc1cccc(S(N)(=O)=O)c1N. The Kier molecular flexibility index (Phi) is 4.78. The predicted octanol–water partition coefficient (Wildman–Crippen LogP) is 1.11. The van der Waals surface area contributed by atoms with Crippen LogP contribution in [0.1, 0.15) is 20.8 Å². The first kappa shape index (κ1) is 15.7. The third-order valence-electron chi connectivity index (χ3n) is 2.21. The standard InChI is InChI=1S/C12H20N2O4S/c1-12(2,3)18-8-7-17-9-5-4-6-10(11(9)13)19(14,15)16/h4-6H,7-8,13H2,1-3H3,(H2,14,15,16). The number of sulfonamides is 1. The molecule has 0 saturated carbocycles. The van der Waals surface area contributed by atoms with Gasteiger partial charge in [-0.05, 0) is 32.9 Å². The van der Waals surface area contributed by atoms with Crippen LogP contribution in [0.15, 0.2) is 23.1 Å². The Morgan fingerprint density at radius 3 is 2.37 bits per heavy atom. The quantitative estimate of drug-likeness (QED) is 0.624. The van der Waals surface area contributed by atoms with Crippen LogP contribution in [0.5, 0.6) is 5.75 Å². The molecule has 0 aromatic heterocycles. The van der Waals surface area contributed by atoms with Crippen LogP contribution in [-0.4, -0.2) is 27.2 Å². The lowest BCUT2D eigenvalue weighted by Gasteiger charge is -2.19. The van der Waals surface area contributed by atoms with Crippen molar-refractivity contribution in [1.29, 1.82) is 0 Å². The van der Waals surface area contributed by atoms with E-state index in [-0.39, 0.29) is 28.5 Å². The molecule has 0 saturated heterocycles. The smallest absolute Gasteiger partial charge is 0.240 e. The molecule has 0 aliphatic heterocycles. The molecule has 0 aliphatic carbocycles. The summed E-state index contributed by atoms with van der Waals surface area (Å²) in [6.45, 7) is 6.45. The fraction of sp³-hybridized carbons (Fsp3) is 0.500. The number of ether oxygens (including phenoxy) is 2. The van der Waals surface area contributed by atoms with Gasteiger partial charge in [0.1, 0.15) is 17.3 Å². The topological polar surface area (TPSA) is 105 Å². The minimum atomic E-state index is -3.85. The Morgan fingerprint density at radius 2 is 1.84 bits per heavy atom. The number of primary sulfonamides is 1. The van der Waals surface area contributed by atoms with Gasteiger partial charge in [-0.2, -0.15) is 0 Å². The van der Waals surface area contributed by atoms with E-state index in [1.807, 2.05) is 20.8 Å². The normalized spacial score (nSPS) is 12.4. The summed E-state index contributed by atoms with van der Waals surface area (Å²) >= 11 is 0. The van der Waals surface area contributed by atoms with Gasteiger partial charge in [0, 0.05) is 0 Å². The molecule has 7 heteroatoms. The van der Waals surface area contributed by atoms with Gasteiger partial charge in [-0.15, -0.1) is 0 Å². The van der Waals surface area contributed by atoms with Gasteiger partial charge in [-0.3, -0.25) is 0 Å². The zero-order chi connectivity index (χ0) is 14.7. The summed E-state index contributed by atoms with van der Waals surface area (Å²) in [5, 5.41) is 5.05. The molecule has 0 heterocycles. The van der Waals surface area contributed by atoms with Crippen LogP contribution in [0.25, 0.3) is 0 Å². The highest BCUT2D eigenvalue weighted by Gasteiger charge is 2.15. The number of rotatable bonds is 5. The predicted molar refractivity (Wildman–Crippen MR) is 73.4 cm³/mol. The summed E-state index contributed by atoms with van der Waals surface area (Å²) in [6.07, 6.45) is 0. The molecule has 4 N–H and O–H groups in total. The summed E-state index contributed by atoms with van der Waals surface area (Å²) in [6, 6.07) is 4.44. The zero-order valence-corrected chi connectivity index (χ0v) is 12.2. The van der Waals surface area contributed by atoms with E-state index < -0.39 is 10.0 Å². The second-order valence-electron chi connectivity index (χ2n) is 5.02. The molecule has 1 aromatic rings. The van der Waals surface area contributed by atoms with E-state index in [9.17, 15) is 8.42 Å². The number of hydrogen-bond donors (Lipinski definition) is 2. The first-order valence-corrected chi connectivity index (χ1v) is 7.34. The highest BCUT2D eigenvalue weighted by molar-refractivity contribution is 7.89. The van der Waals surface area contributed by atoms with Gasteiger partial charge in [-0.1, -0.05) is 6.07 Å². The maximum Gasteiger partial charge on any atom is 0.240 e. The lowest BCUT2D eigenvalue weighted by atomic mass is 10.2. The van der Waals surface area contributed by atoms with Crippen molar-refractivity contribution in [3.05, 3.63) is 18.2 Å². The van der Waals surface area contributed by atoms with E-state index in [1.54, 1.807) is 6.07 Å². The van der Waals surface area contributed by atoms with Gasteiger partial charge >= 0.3 is 0 Å². The monoisotopic (exact) mass is 288 g/mol. The molecule has 1 rings (SSSR count). The molecule has 0 spiro atoms. The highest BCUT2D eigenvalue weighted by atomic mass is 32.2. The van der Waals surface area contributed by atoms with Crippen molar-refractivity contribution >= 4 is 15.7 Å². The summed E-state index contributed by atoms with van der Waals surface area (Å²) in [5.41, 5.74) is 5.47. The average molecular weight is 288 g/mol. The van der Waals surface area contributed by atoms with E-state index in [2.05, 4.69) is 0 Å². The molecule has 108 valence electrons. The Bertz CT molecular complexity index is 535. The van der Waals surface area contributed by atoms with E-state index in [1.165, 1.54) is 12.1 Å². The van der Waals surface area contributed by atoms with Crippen molar-refractivity contribution in [2.75, 3.05) is 18.9 Å². The van der Waals surface area contributed by atoms with Gasteiger partial charge in [-0.25, -0.2) is 13.6 Å². The third-order valence-corrected chi connectivity index (χ3v) is 3.18. The summed E-state index contributed by atoms with van der Waals surface area (Å²) in [7, 11) is -3.85. The number of nitrogens with two attached hydrogens (primary N) is 2. The minimum absolute atomic E-state index is 0.0146. The molecule has 0 aliphatic rings. The van der Waals surface area contributed by atoms with Crippen molar-refractivity contribution in [1.82, 2.24) is 0 Å². The van der Waals surface area contributed by atoms with Crippen LogP contribution in [0.2, 0.25) is 0 Å². The molecule has 0 radical (unpaired) electrons. The second-order valence-corrected chi connectivity index (χ2v) is 6.55. The second kappa shape index (κ2) is 5.77. The van der Waals surface area contributed by atoms with Crippen molar-refractivity contribution < 1.29 is 17.9 Å². The maximum absolute atomic E-state index is 11.3. The zero-order valence-electron chi connectivity index (χ0n) is 11.3. The molecular formula is C12H20N2O4S. The van der Waals surface area contributed by atoms with Crippen molar-refractivity contribution in [3.63, 3.8) is 0 Å². The van der Waals surface area contributed by atoms with Crippen molar-refractivity contribution in [2.24, 2.45) is 5.14 Å². The molecule has 0 unspecified atom stereocenters. The first-order chi connectivity index (χ1) is 8.61. The molecular weight excluding hydrogens is 268 g/mol. The van der Waals surface area contributed by atoms with E-state index in [4.69, 9.17) is 20.3 Å². The molecule has 1 aromatic carbocycles. The summed E-state index contributed by atoms with van der Waals surface area (Å²) < 4.78 is 33.4. The fourth-order valence-corrected chi connectivity index (χ4v) is 2.07. The highest BCUT2D eigenvalue weighted by Crippen LogP contribution is 2.27. The Labute approximate surface area is 113 Å².